The van der Waals surface area contributed by atoms with E-state index in [4.69, 9.17) is 15.6 Å². The van der Waals surface area contributed by atoms with Gasteiger partial charge in [0.25, 0.3) is 0 Å². The molecule has 0 bridgehead atoms. The van der Waals surface area contributed by atoms with Crippen LogP contribution in [0.4, 0.5) is 0 Å². The van der Waals surface area contributed by atoms with Crippen molar-refractivity contribution in [2.75, 3.05) is 37.9 Å². The van der Waals surface area contributed by atoms with Crippen LogP contribution >= 0.6 is 30.0 Å². The Hall–Kier alpha value is 0.540. The molecule has 0 amide bonds. The first-order valence-electron chi connectivity index (χ1n) is 8.88. The second-order valence-corrected chi connectivity index (χ2v) is 9.56. The molecule has 0 saturated carbocycles. The summed E-state index contributed by atoms with van der Waals surface area (Å²) in [6, 6.07) is 0. The maximum absolute atomic E-state index is 6.67. The molecule has 0 aromatic carbocycles. The summed E-state index contributed by atoms with van der Waals surface area (Å²) in [5, 5.41) is 0. The first kappa shape index (κ1) is 23.5. The minimum Gasteiger partial charge on any atom is -0.334 e. The van der Waals surface area contributed by atoms with E-state index in [-0.39, 0.29) is 0 Å². The van der Waals surface area contributed by atoms with Crippen molar-refractivity contribution in [2.45, 2.75) is 64.7 Å². The van der Waals surface area contributed by atoms with Gasteiger partial charge in [-0.25, -0.2) is 6.57 Å². The number of rotatable bonds is 18. The standard InChI is InChI=1S/C17H34NO2PS2/c1-4-5-6-8-11-16-22-23-17-12-9-7-10-14-19-21(3)20-15-13-18-2/h4-17H2,1,3H3. The van der Waals surface area contributed by atoms with E-state index in [1.54, 1.807) is 0 Å². The summed E-state index contributed by atoms with van der Waals surface area (Å²) in [4.78, 5) is 3.26. The molecule has 0 aromatic heterocycles. The Labute approximate surface area is 153 Å². The van der Waals surface area contributed by atoms with Crippen LogP contribution < -0.4 is 0 Å². The maximum Gasteiger partial charge on any atom is 0.238 e. The SMILES string of the molecule is [C-]#[N+]CCOP(C)OCCCCCCSSCCCCCCC. The highest BCUT2D eigenvalue weighted by Crippen LogP contribution is 2.33. The molecule has 0 aliphatic carbocycles. The van der Waals surface area contributed by atoms with Crippen molar-refractivity contribution in [3.63, 3.8) is 0 Å². The van der Waals surface area contributed by atoms with Crippen LogP contribution in [0.1, 0.15) is 64.7 Å². The summed E-state index contributed by atoms with van der Waals surface area (Å²) in [5.41, 5.74) is 0. The van der Waals surface area contributed by atoms with Gasteiger partial charge < -0.3 is 13.9 Å². The van der Waals surface area contributed by atoms with Crippen molar-refractivity contribution >= 4 is 30.0 Å². The van der Waals surface area contributed by atoms with E-state index in [1.165, 1.54) is 62.9 Å². The maximum atomic E-state index is 6.67. The highest BCUT2D eigenvalue weighted by atomic mass is 33.1. The van der Waals surface area contributed by atoms with E-state index < -0.39 is 8.38 Å². The lowest BCUT2D eigenvalue weighted by molar-refractivity contribution is 0.256. The molecule has 0 N–H and O–H groups in total. The fraction of sp³-hybridized carbons (Fsp3) is 0.941. The van der Waals surface area contributed by atoms with Crippen molar-refractivity contribution in [1.82, 2.24) is 0 Å². The fourth-order valence-electron chi connectivity index (χ4n) is 1.94. The molecule has 23 heavy (non-hydrogen) atoms. The zero-order valence-electron chi connectivity index (χ0n) is 14.9. The number of unbranched alkanes of at least 4 members (excludes halogenated alkanes) is 7. The molecule has 0 fully saturated rings. The third-order valence-electron chi connectivity index (χ3n) is 3.29. The van der Waals surface area contributed by atoms with E-state index in [1.807, 2.05) is 28.3 Å². The van der Waals surface area contributed by atoms with Crippen molar-refractivity contribution in [3.8, 4) is 0 Å². The summed E-state index contributed by atoms with van der Waals surface area (Å²) in [6.07, 6.45) is 11.9. The Bertz CT molecular complexity index is 278. The molecule has 3 nitrogen and oxygen atoms in total. The topological polar surface area (TPSA) is 22.8 Å². The fourth-order valence-corrected chi connectivity index (χ4v) is 5.04. The van der Waals surface area contributed by atoms with Crippen LogP contribution in [0.2, 0.25) is 0 Å². The largest absolute Gasteiger partial charge is 0.334 e. The van der Waals surface area contributed by atoms with Crippen LogP contribution in [0.15, 0.2) is 0 Å². The van der Waals surface area contributed by atoms with Crippen LogP contribution in [-0.4, -0.2) is 37.9 Å². The van der Waals surface area contributed by atoms with Gasteiger partial charge in [-0.15, -0.1) is 0 Å². The van der Waals surface area contributed by atoms with Crippen molar-refractivity contribution in [1.29, 1.82) is 0 Å². The first-order chi connectivity index (χ1) is 11.3. The Kier molecular flexibility index (Phi) is 21.1. The molecule has 0 saturated heterocycles. The summed E-state index contributed by atoms with van der Waals surface area (Å²) in [7, 11) is 3.31. The van der Waals surface area contributed by atoms with Crippen LogP contribution in [0.3, 0.4) is 0 Å². The van der Waals surface area contributed by atoms with Gasteiger partial charge in [0.1, 0.15) is 6.61 Å². The molecule has 0 aliphatic heterocycles. The van der Waals surface area contributed by atoms with Crippen LogP contribution in [0.5, 0.6) is 0 Å². The monoisotopic (exact) mass is 379 g/mol. The Morgan fingerprint density at radius 3 is 2.00 bits per heavy atom. The number of hydrogen-bond donors (Lipinski definition) is 0. The first-order valence-corrected chi connectivity index (χ1v) is 13.0. The summed E-state index contributed by atoms with van der Waals surface area (Å²) in [5.74, 6) is 2.59. The van der Waals surface area contributed by atoms with E-state index in [2.05, 4.69) is 11.8 Å². The Morgan fingerprint density at radius 1 is 0.826 bits per heavy atom. The quantitative estimate of drug-likeness (QED) is 0.113. The molecule has 1 unspecified atom stereocenters. The van der Waals surface area contributed by atoms with Gasteiger partial charge in [-0.3, -0.25) is 0 Å². The Balaban J connectivity index is 3.06. The number of hydrogen-bond acceptors (Lipinski definition) is 4. The van der Waals surface area contributed by atoms with Crippen LogP contribution in [-0.2, 0) is 9.05 Å². The van der Waals surface area contributed by atoms with E-state index in [9.17, 15) is 0 Å². The minimum atomic E-state index is -0.783. The van der Waals surface area contributed by atoms with Gasteiger partial charge in [-0.05, 0) is 19.3 Å². The molecule has 0 heterocycles. The van der Waals surface area contributed by atoms with Gasteiger partial charge in [0, 0.05) is 18.2 Å². The highest BCUT2D eigenvalue weighted by molar-refractivity contribution is 8.76. The summed E-state index contributed by atoms with van der Waals surface area (Å²) < 4.78 is 11.0. The summed E-state index contributed by atoms with van der Waals surface area (Å²) in [6.45, 7) is 12.6. The molecule has 136 valence electrons. The van der Waals surface area contributed by atoms with Crippen molar-refractivity contribution in [3.05, 3.63) is 11.4 Å². The van der Waals surface area contributed by atoms with Crippen LogP contribution in [0, 0.1) is 6.57 Å². The lowest BCUT2D eigenvalue weighted by Crippen LogP contribution is -1.96. The normalized spacial score (nSPS) is 12.2. The molecule has 0 radical (unpaired) electrons. The predicted molar refractivity (Wildman–Crippen MR) is 108 cm³/mol. The smallest absolute Gasteiger partial charge is 0.238 e. The molecular formula is C17H34NO2PS2. The predicted octanol–water partition coefficient (Wildman–Crippen LogP) is 6.79. The van der Waals surface area contributed by atoms with E-state index >= 15 is 0 Å². The average Bonchev–Trinajstić information content (AvgIpc) is 2.55. The molecule has 0 rings (SSSR count). The molecule has 6 heteroatoms. The molecule has 0 aliphatic rings. The molecule has 0 aromatic rings. The van der Waals surface area contributed by atoms with Crippen LogP contribution in [0.25, 0.3) is 4.85 Å². The third-order valence-corrected chi connectivity index (χ3v) is 6.96. The van der Waals surface area contributed by atoms with Crippen molar-refractivity contribution in [2.24, 2.45) is 0 Å². The van der Waals surface area contributed by atoms with E-state index in [0.717, 1.165) is 13.0 Å². The lowest BCUT2D eigenvalue weighted by Gasteiger charge is -2.11. The molecular weight excluding hydrogens is 345 g/mol. The molecule has 0 spiro atoms. The number of nitrogens with zero attached hydrogens (tertiary/aromatic N) is 1. The Morgan fingerprint density at radius 2 is 1.39 bits per heavy atom. The van der Waals surface area contributed by atoms with E-state index in [0.29, 0.717) is 13.2 Å². The third kappa shape index (κ3) is 20.5. The lowest BCUT2D eigenvalue weighted by atomic mass is 10.2. The zero-order valence-corrected chi connectivity index (χ0v) is 17.5. The summed E-state index contributed by atoms with van der Waals surface area (Å²) >= 11 is 0. The minimum absolute atomic E-state index is 0.435. The molecule has 1 atom stereocenters. The average molecular weight is 380 g/mol. The van der Waals surface area contributed by atoms with Gasteiger partial charge in [-0.2, -0.15) is 0 Å². The van der Waals surface area contributed by atoms with Gasteiger partial charge in [-0.1, -0.05) is 67.0 Å². The van der Waals surface area contributed by atoms with Gasteiger partial charge in [0.2, 0.25) is 6.54 Å². The van der Waals surface area contributed by atoms with Gasteiger partial charge in [0.05, 0.1) is 6.61 Å². The van der Waals surface area contributed by atoms with Gasteiger partial charge in [0.15, 0.2) is 8.38 Å². The second kappa shape index (κ2) is 20.6. The second-order valence-electron chi connectivity index (χ2n) is 5.46. The zero-order chi connectivity index (χ0) is 17.0. The van der Waals surface area contributed by atoms with Gasteiger partial charge >= 0.3 is 0 Å². The highest BCUT2D eigenvalue weighted by Gasteiger charge is 2.03. The van der Waals surface area contributed by atoms with Crippen molar-refractivity contribution < 1.29 is 9.05 Å².